The van der Waals surface area contributed by atoms with E-state index in [0.717, 1.165) is 14.8 Å². The Labute approximate surface area is 244 Å². The second kappa shape index (κ2) is 14.2. The molecule has 3 aromatic carbocycles. The second-order valence-corrected chi connectivity index (χ2v) is 11.9. The molecule has 41 heavy (non-hydrogen) atoms. The molecule has 0 radical (unpaired) electrons. The van der Waals surface area contributed by atoms with Crippen molar-refractivity contribution in [2.24, 2.45) is 5.10 Å². The Hall–Kier alpha value is -3.87. The van der Waals surface area contributed by atoms with Gasteiger partial charge in [-0.05, 0) is 79.4 Å². The summed E-state index contributed by atoms with van der Waals surface area (Å²) in [6.07, 6.45) is 3.34. The molecule has 0 saturated carbocycles. The lowest BCUT2D eigenvalue weighted by Crippen LogP contribution is -2.42. The molecule has 0 spiro atoms. The summed E-state index contributed by atoms with van der Waals surface area (Å²) in [5, 5.41) is 3.98. The van der Waals surface area contributed by atoms with Gasteiger partial charge in [0, 0.05) is 18.0 Å². The van der Waals surface area contributed by atoms with E-state index in [9.17, 15) is 18.0 Å². The molecule has 0 unspecified atom stereocenters. The van der Waals surface area contributed by atoms with Crippen LogP contribution in [0.1, 0.15) is 11.1 Å². The highest BCUT2D eigenvalue weighted by Gasteiger charge is 2.27. The monoisotopic (exact) mass is 596 g/mol. The van der Waals surface area contributed by atoms with Crippen LogP contribution in [0.15, 0.2) is 87.7 Å². The Morgan fingerprint density at radius 2 is 1.68 bits per heavy atom. The summed E-state index contributed by atoms with van der Waals surface area (Å²) in [6, 6.07) is 20.3. The van der Waals surface area contributed by atoms with Gasteiger partial charge in [0.2, 0.25) is 0 Å². The maximum absolute atomic E-state index is 13.5. The van der Waals surface area contributed by atoms with Gasteiger partial charge in [0.1, 0.15) is 12.3 Å². The van der Waals surface area contributed by atoms with Crippen LogP contribution in [-0.4, -0.2) is 77.1 Å². The molecule has 3 aromatic rings. The molecule has 1 saturated heterocycles. The quantitative estimate of drug-likeness (QED) is 0.205. The molecular formula is C29H32N4O6S2. The lowest BCUT2D eigenvalue weighted by molar-refractivity contribution is -0.137. The van der Waals surface area contributed by atoms with E-state index >= 15 is 0 Å². The summed E-state index contributed by atoms with van der Waals surface area (Å²) >= 11 is 1.51. The van der Waals surface area contributed by atoms with Crippen LogP contribution in [0.2, 0.25) is 0 Å². The summed E-state index contributed by atoms with van der Waals surface area (Å²) in [4.78, 5) is 27.8. The third-order valence-electron chi connectivity index (χ3n) is 6.27. The molecule has 1 N–H and O–H groups in total. The van der Waals surface area contributed by atoms with Crippen molar-refractivity contribution in [2.45, 2.75) is 16.7 Å². The zero-order chi connectivity index (χ0) is 29.2. The zero-order valence-corrected chi connectivity index (χ0v) is 24.5. The molecule has 1 heterocycles. The number of carbonyl (C=O) groups is 2. The number of sulfonamides is 1. The van der Waals surface area contributed by atoms with Gasteiger partial charge in [-0.25, -0.2) is 13.8 Å². The van der Waals surface area contributed by atoms with E-state index in [1.807, 2.05) is 13.2 Å². The molecule has 0 aliphatic carbocycles. The molecule has 1 fully saturated rings. The van der Waals surface area contributed by atoms with Gasteiger partial charge in [-0.2, -0.15) is 5.10 Å². The van der Waals surface area contributed by atoms with Crippen LogP contribution < -0.4 is 14.5 Å². The molecule has 1 aliphatic rings. The molecule has 2 amide bonds. The number of nitrogens with one attached hydrogen (secondary N) is 1. The third-order valence-corrected chi connectivity index (χ3v) is 8.80. The predicted molar refractivity (Wildman–Crippen MR) is 159 cm³/mol. The lowest BCUT2D eigenvalue weighted by atomic mass is 10.2. The standard InChI is InChI=1S/C29H32N4O6S2/c1-22-3-7-24(8-4-22)33(41(36,37)27-13-11-26(40-2)12-14-27)20-28(34)31-30-19-23-5-9-25(10-6-23)39-21-29(35)32-15-17-38-18-16-32/h3-14,19H,15-18,20-21H2,1-2H3,(H,31,34)/b30-19-. The number of hydrogen-bond acceptors (Lipinski definition) is 8. The normalized spacial score (nSPS) is 13.7. The van der Waals surface area contributed by atoms with E-state index < -0.39 is 22.5 Å². The van der Waals surface area contributed by atoms with Gasteiger partial charge in [0.05, 0.1) is 30.0 Å². The van der Waals surface area contributed by atoms with E-state index in [1.165, 1.54) is 30.1 Å². The van der Waals surface area contributed by atoms with Gasteiger partial charge in [0.25, 0.3) is 21.8 Å². The summed E-state index contributed by atoms with van der Waals surface area (Å²) in [6.45, 7) is 3.55. The van der Waals surface area contributed by atoms with Gasteiger partial charge in [-0.3, -0.25) is 13.9 Å². The van der Waals surface area contributed by atoms with Crippen molar-refractivity contribution in [1.82, 2.24) is 10.3 Å². The van der Waals surface area contributed by atoms with Crippen molar-refractivity contribution < 1.29 is 27.5 Å². The fraction of sp³-hybridized carbons (Fsp3) is 0.276. The maximum Gasteiger partial charge on any atom is 0.264 e. The molecular weight excluding hydrogens is 564 g/mol. The Morgan fingerprint density at radius 1 is 1.02 bits per heavy atom. The summed E-state index contributed by atoms with van der Waals surface area (Å²) in [7, 11) is -4.02. The van der Waals surface area contributed by atoms with Gasteiger partial charge in [-0.1, -0.05) is 17.7 Å². The van der Waals surface area contributed by atoms with Gasteiger partial charge in [-0.15, -0.1) is 11.8 Å². The Kier molecular flexibility index (Phi) is 10.4. The Bertz CT molecular complexity index is 1450. The first-order valence-electron chi connectivity index (χ1n) is 12.9. The molecule has 0 bridgehead atoms. The number of aryl methyl sites for hydroxylation is 1. The number of morpholine rings is 1. The van der Waals surface area contributed by atoms with Crippen LogP contribution in [0.5, 0.6) is 5.75 Å². The number of ether oxygens (including phenoxy) is 2. The summed E-state index contributed by atoms with van der Waals surface area (Å²) < 4.78 is 39.0. The van der Waals surface area contributed by atoms with E-state index in [-0.39, 0.29) is 17.4 Å². The number of hydrazone groups is 1. The Morgan fingerprint density at radius 3 is 2.32 bits per heavy atom. The number of nitrogens with zero attached hydrogens (tertiary/aromatic N) is 3. The number of amides is 2. The minimum Gasteiger partial charge on any atom is -0.484 e. The molecule has 4 rings (SSSR count). The van der Waals surface area contributed by atoms with Gasteiger partial charge in [0.15, 0.2) is 6.61 Å². The van der Waals surface area contributed by atoms with Crippen molar-refractivity contribution in [1.29, 1.82) is 0 Å². The molecule has 1 aliphatic heterocycles. The number of benzene rings is 3. The van der Waals surface area contributed by atoms with Gasteiger partial charge < -0.3 is 14.4 Å². The highest BCUT2D eigenvalue weighted by Crippen LogP contribution is 2.25. The van der Waals surface area contributed by atoms with E-state index in [2.05, 4.69) is 10.5 Å². The number of rotatable bonds is 11. The minimum atomic E-state index is -4.02. The number of carbonyl (C=O) groups excluding carboxylic acids is 2. The van der Waals surface area contributed by atoms with Crippen LogP contribution in [0.4, 0.5) is 5.69 Å². The first kappa shape index (κ1) is 30.1. The van der Waals surface area contributed by atoms with Crippen molar-refractivity contribution >= 4 is 45.5 Å². The Balaban J connectivity index is 1.37. The topological polar surface area (TPSA) is 118 Å². The van der Waals surface area contributed by atoms with Crippen molar-refractivity contribution in [3.8, 4) is 5.75 Å². The van der Waals surface area contributed by atoms with Crippen molar-refractivity contribution in [3.05, 3.63) is 83.9 Å². The number of hydrogen-bond donors (Lipinski definition) is 1. The lowest BCUT2D eigenvalue weighted by Gasteiger charge is -2.26. The molecule has 12 heteroatoms. The van der Waals surface area contributed by atoms with E-state index in [4.69, 9.17) is 9.47 Å². The average molecular weight is 597 g/mol. The SMILES string of the molecule is CSc1ccc(S(=O)(=O)N(CC(=O)N/N=C\c2ccc(OCC(=O)N3CCOCC3)cc2)c2ccc(C)cc2)cc1. The van der Waals surface area contributed by atoms with Gasteiger partial charge >= 0.3 is 0 Å². The third kappa shape index (κ3) is 8.32. The van der Waals surface area contributed by atoms with Crippen LogP contribution in [0, 0.1) is 6.92 Å². The zero-order valence-electron chi connectivity index (χ0n) is 22.9. The number of anilines is 1. The molecule has 0 aromatic heterocycles. The first-order chi connectivity index (χ1) is 19.8. The second-order valence-electron chi connectivity index (χ2n) is 9.17. The van der Waals surface area contributed by atoms with Crippen molar-refractivity contribution in [3.63, 3.8) is 0 Å². The van der Waals surface area contributed by atoms with Crippen LogP contribution in [0.25, 0.3) is 0 Å². The fourth-order valence-electron chi connectivity index (χ4n) is 3.94. The van der Waals surface area contributed by atoms with E-state index in [0.29, 0.717) is 43.3 Å². The molecule has 0 atom stereocenters. The highest BCUT2D eigenvalue weighted by atomic mass is 32.2. The predicted octanol–water partition coefficient (Wildman–Crippen LogP) is 3.30. The summed E-state index contributed by atoms with van der Waals surface area (Å²) in [5.74, 6) is -0.176. The van der Waals surface area contributed by atoms with Crippen LogP contribution >= 0.6 is 11.8 Å². The summed E-state index contributed by atoms with van der Waals surface area (Å²) in [5.41, 5.74) is 4.41. The van der Waals surface area contributed by atoms with Crippen LogP contribution in [0.3, 0.4) is 0 Å². The van der Waals surface area contributed by atoms with Crippen molar-refractivity contribution in [2.75, 3.05) is 50.0 Å². The fourth-order valence-corrected chi connectivity index (χ4v) is 5.77. The number of thioether (sulfide) groups is 1. The maximum atomic E-state index is 13.5. The molecule has 216 valence electrons. The minimum absolute atomic E-state index is 0.0639. The molecule has 10 nitrogen and oxygen atoms in total. The smallest absolute Gasteiger partial charge is 0.264 e. The first-order valence-corrected chi connectivity index (χ1v) is 15.6. The van der Waals surface area contributed by atoms with E-state index in [1.54, 1.807) is 65.6 Å². The highest BCUT2D eigenvalue weighted by molar-refractivity contribution is 7.98. The van der Waals surface area contributed by atoms with Crippen LogP contribution in [-0.2, 0) is 24.3 Å². The average Bonchev–Trinajstić information content (AvgIpc) is 3.00. The largest absolute Gasteiger partial charge is 0.484 e.